The quantitative estimate of drug-likeness (QED) is 0.527. The topological polar surface area (TPSA) is 117 Å². The molecule has 0 atom stereocenters. The number of halogens is 1. The number of amides is 3. The van der Waals surface area contributed by atoms with Gasteiger partial charge in [0.05, 0.1) is 6.54 Å². The van der Waals surface area contributed by atoms with Gasteiger partial charge < -0.3 is 21.4 Å². The number of hydrogen-bond donors (Lipinski definition) is 4. The summed E-state index contributed by atoms with van der Waals surface area (Å²) in [6.07, 6.45) is 0. The Bertz CT molecular complexity index is 1010. The summed E-state index contributed by atoms with van der Waals surface area (Å²) in [5, 5.41) is 5.76. The van der Waals surface area contributed by atoms with Gasteiger partial charge in [0.25, 0.3) is 11.8 Å². The first-order valence-electron chi connectivity index (χ1n) is 8.14. The van der Waals surface area contributed by atoms with E-state index in [4.69, 9.17) is 5.73 Å². The summed E-state index contributed by atoms with van der Waals surface area (Å²) in [5.74, 6) is -1.72. The van der Waals surface area contributed by atoms with Crippen molar-refractivity contribution in [3.8, 4) is 0 Å². The van der Waals surface area contributed by atoms with Crippen molar-refractivity contribution in [3.63, 3.8) is 0 Å². The van der Waals surface area contributed by atoms with Crippen LogP contribution in [0.3, 0.4) is 0 Å². The third kappa shape index (κ3) is 4.49. The molecule has 3 amide bonds. The lowest BCUT2D eigenvalue weighted by Crippen LogP contribution is -2.33. The van der Waals surface area contributed by atoms with Gasteiger partial charge in [0.2, 0.25) is 5.91 Å². The highest BCUT2D eigenvalue weighted by molar-refractivity contribution is 5.98. The Hall–Kier alpha value is -3.68. The Kier molecular flexibility index (Phi) is 5.16. The number of H-pyrrole nitrogens is 1. The first kappa shape index (κ1) is 18.1. The molecule has 3 rings (SSSR count). The van der Waals surface area contributed by atoms with Crippen molar-refractivity contribution in [2.75, 3.05) is 6.54 Å². The molecule has 0 aliphatic rings. The first-order chi connectivity index (χ1) is 12.9. The summed E-state index contributed by atoms with van der Waals surface area (Å²) in [6.45, 7) is 0.0246. The van der Waals surface area contributed by atoms with Gasteiger partial charge in [-0.15, -0.1) is 0 Å². The van der Waals surface area contributed by atoms with Gasteiger partial charge in [-0.05, 0) is 42.0 Å². The molecule has 0 radical (unpaired) electrons. The van der Waals surface area contributed by atoms with Gasteiger partial charge in [0.1, 0.15) is 11.5 Å². The second-order valence-electron chi connectivity index (χ2n) is 5.94. The number of nitrogens with one attached hydrogen (secondary N) is 3. The zero-order chi connectivity index (χ0) is 19.4. The minimum absolute atomic E-state index is 0.231. The molecule has 0 spiro atoms. The fraction of sp³-hybridized carbons (Fsp3) is 0.105. The highest BCUT2D eigenvalue weighted by Crippen LogP contribution is 2.16. The van der Waals surface area contributed by atoms with E-state index in [2.05, 4.69) is 15.6 Å². The number of rotatable bonds is 6. The lowest BCUT2D eigenvalue weighted by molar-refractivity contribution is -0.117. The van der Waals surface area contributed by atoms with Gasteiger partial charge in [0.15, 0.2) is 0 Å². The minimum Gasteiger partial charge on any atom is -0.368 e. The zero-order valence-electron chi connectivity index (χ0n) is 14.2. The van der Waals surface area contributed by atoms with Crippen molar-refractivity contribution in [3.05, 3.63) is 71.2 Å². The summed E-state index contributed by atoms with van der Waals surface area (Å²) in [5.41, 5.74) is 7.15. The molecular weight excluding hydrogens is 351 g/mol. The smallest absolute Gasteiger partial charge is 0.267 e. The lowest BCUT2D eigenvalue weighted by Gasteiger charge is -2.06. The van der Waals surface area contributed by atoms with Gasteiger partial charge in [-0.3, -0.25) is 14.4 Å². The van der Waals surface area contributed by atoms with Crippen LogP contribution in [0.5, 0.6) is 0 Å². The predicted molar refractivity (Wildman–Crippen MR) is 97.4 cm³/mol. The number of benzene rings is 2. The minimum atomic E-state index is -0.623. The first-order valence-corrected chi connectivity index (χ1v) is 8.14. The molecule has 0 fully saturated rings. The molecule has 1 heterocycles. The summed E-state index contributed by atoms with van der Waals surface area (Å²) >= 11 is 0. The molecule has 0 aliphatic carbocycles. The summed E-state index contributed by atoms with van der Waals surface area (Å²) in [4.78, 5) is 37.7. The summed E-state index contributed by atoms with van der Waals surface area (Å²) in [7, 11) is 0. The molecule has 0 saturated heterocycles. The normalized spacial score (nSPS) is 10.6. The van der Waals surface area contributed by atoms with E-state index in [-0.39, 0.29) is 24.8 Å². The number of carbonyl (C=O) groups excluding carboxylic acids is 3. The molecule has 0 aliphatic heterocycles. The number of nitrogens with two attached hydrogens (primary N) is 1. The number of primary amides is 1. The maximum atomic E-state index is 13.2. The Morgan fingerprint density at radius 1 is 0.963 bits per heavy atom. The average Bonchev–Trinajstić information content (AvgIpc) is 3.07. The fourth-order valence-corrected chi connectivity index (χ4v) is 2.55. The van der Waals surface area contributed by atoms with Crippen LogP contribution < -0.4 is 16.4 Å². The standard InChI is InChI=1S/C19H17FN4O3/c20-14-5-6-15-13(7-14)8-16(24-15)19(27)22-9-11-1-3-12(4-2-11)18(26)23-10-17(21)25/h1-8,24H,9-10H2,(H2,21,25)(H,22,27)(H,23,26). The molecule has 1 aromatic heterocycles. The lowest BCUT2D eigenvalue weighted by atomic mass is 10.1. The van der Waals surface area contributed by atoms with Crippen LogP contribution in [0.15, 0.2) is 48.5 Å². The third-order valence-electron chi connectivity index (χ3n) is 3.92. The molecule has 8 heteroatoms. The van der Waals surface area contributed by atoms with Crippen LogP contribution in [0.25, 0.3) is 10.9 Å². The van der Waals surface area contributed by atoms with Crippen molar-refractivity contribution < 1.29 is 18.8 Å². The van der Waals surface area contributed by atoms with Gasteiger partial charge in [0, 0.05) is 23.0 Å². The van der Waals surface area contributed by atoms with Crippen LogP contribution in [-0.2, 0) is 11.3 Å². The molecule has 0 saturated carbocycles. The van der Waals surface area contributed by atoms with Gasteiger partial charge in [-0.25, -0.2) is 4.39 Å². The molecule has 0 unspecified atom stereocenters. The Balaban J connectivity index is 1.59. The van der Waals surface area contributed by atoms with E-state index in [1.54, 1.807) is 36.4 Å². The van der Waals surface area contributed by atoms with Crippen molar-refractivity contribution in [1.82, 2.24) is 15.6 Å². The third-order valence-corrected chi connectivity index (χ3v) is 3.92. The van der Waals surface area contributed by atoms with E-state index in [0.717, 1.165) is 5.56 Å². The SMILES string of the molecule is NC(=O)CNC(=O)c1ccc(CNC(=O)c2cc3cc(F)ccc3[nH]2)cc1. The van der Waals surface area contributed by atoms with E-state index in [9.17, 15) is 18.8 Å². The van der Waals surface area contributed by atoms with Crippen molar-refractivity contribution >= 4 is 28.6 Å². The molecule has 138 valence electrons. The van der Waals surface area contributed by atoms with Crippen molar-refractivity contribution in [2.45, 2.75) is 6.54 Å². The zero-order valence-corrected chi connectivity index (χ0v) is 14.2. The average molecular weight is 368 g/mol. The second-order valence-corrected chi connectivity index (χ2v) is 5.94. The molecular formula is C19H17FN4O3. The maximum Gasteiger partial charge on any atom is 0.267 e. The van der Waals surface area contributed by atoms with E-state index >= 15 is 0 Å². The fourth-order valence-electron chi connectivity index (χ4n) is 2.55. The van der Waals surface area contributed by atoms with E-state index in [1.165, 1.54) is 12.1 Å². The van der Waals surface area contributed by atoms with Gasteiger partial charge in [-0.2, -0.15) is 0 Å². The maximum absolute atomic E-state index is 13.2. The number of carbonyl (C=O) groups is 3. The molecule has 5 N–H and O–H groups in total. The molecule has 27 heavy (non-hydrogen) atoms. The van der Waals surface area contributed by atoms with Crippen LogP contribution in [0, 0.1) is 5.82 Å². The summed E-state index contributed by atoms with van der Waals surface area (Å²) < 4.78 is 13.2. The van der Waals surface area contributed by atoms with E-state index in [1.807, 2.05) is 0 Å². The highest BCUT2D eigenvalue weighted by atomic mass is 19.1. The van der Waals surface area contributed by atoms with Gasteiger partial charge >= 0.3 is 0 Å². The van der Waals surface area contributed by atoms with Crippen LogP contribution in [0.1, 0.15) is 26.4 Å². The highest BCUT2D eigenvalue weighted by Gasteiger charge is 2.10. The largest absolute Gasteiger partial charge is 0.368 e. The van der Waals surface area contributed by atoms with Gasteiger partial charge in [-0.1, -0.05) is 12.1 Å². The predicted octanol–water partition coefficient (Wildman–Crippen LogP) is 1.45. The van der Waals surface area contributed by atoms with E-state index < -0.39 is 11.8 Å². The van der Waals surface area contributed by atoms with Crippen LogP contribution in [0.2, 0.25) is 0 Å². The van der Waals surface area contributed by atoms with E-state index in [0.29, 0.717) is 22.2 Å². The van der Waals surface area contributed by atoms with Crippen LogP contribution in [-0.4, -0.2) is 29.3 Å². The molecule has 0 bridgehead atoms. The Morgan fingerprint density at radius 2 is 1.70 bits per heavy atom. The van der Waals surface area contributed by atoms with Crippen LogP contribution in [0.4, 0.5) is 4.39 Å². The number of hydrogen-bond acceptors (Lipinski definition) is 3. The molecule has 2 aromatic carbocycles. The number of aromatic nitrogens is 1. The molecule has 3 aromatic rings. The summed E-state index contributed by atoms with van der Waals surface area (Å²) in [6, 6.07) is 12.4. The Labute approximate surface area is 153 Å². The number of aromatic amines is 1. The molecule has 7 nitrogen and oxygen atoms in total. The second kappa shape index (κ2) is 7.69. The Morgan fingerprint density at radius 3 is 2.41 bits per heavy atom. The van der Waals surface area contributed by atoms with Crippen molar-refractivity contribution in [2.24, 2.45) is 5.73 Å². The van der Waals surface area contributed by atoms with Crippen molar-refractivity contribution in [1.29, 1.82) is 0 Å². The monoisotopic (exact) mass is 368 g/mol. The van der Waals surface area contributed by atoms with Crippen LogP contribution >= 0.6 is 0 Å². The number of fused-ring (bicyclic) bond motifs is 1.